The summed E-state index contributed by atoms with van der Waals surface area (Å²) < 4.78 is 4.83. The molecule has 1 N–H and O–H groups in total. The van der Waals surface area contributed by atoms with Crippen LogP contribution < -0.4 is 5.32 Å². The van der Waals surface area contributed by atoms with E-state index in [9.17, 15) is 9.59 Å². The van der Waals surface area contributed by atoms with Gasteiger partial charge in [-0.1, -0.05) is 42.5 Å². The molecule has 0 radical (unpaired) electrons. The second-order valence-corrected chi connectivity index (χ2v) is 6.40. The van der Waals surface area contributed by atoms with E-state index in [2.05, 4.69) is 10.3 Å². The van der Waals surface area contributed by atoms with Gasteiger partial charge >= 0.3 is 5.97 Å². The number of hydrogen-bond donors (Lipinski definition) is 1. The van der Waals surface area contributed by atoms with Crippen LogP contribution in [0.5, 0.6) is 0 Å². The lowest BCUT2D eigenvalue weighted by atomic mass is 10.1. The van der Waals surface area contributed by atoms with Crippen LogP contribution >= 0.6 is 0 Å². The SMILES string of the molecule is CCN(Cc1ccccc1)C(=O)c1cc(Nc2ccccc2C(=O)OC)ccn1. The molecule has 3 aromatic rings. The number of nitrogens with zero attached hydrogens (tertiary/aromatic N) is 2. The smallest absolute Gasteiger partial charge is 0.339 e. The Morgan fingerprint density at radius 2 is 1.76 bits per heavy atom. The minimum atomic E-state index is -0.432. The fourth-order valence-electron chi connectivity index (χ4n) is 2.95. The zero-order chi connectivity index (χ0) is 20.6. The highest BCUT2D eigenvalue weighted by Crippen LogP contribution is 2.22. The van der Waals surface area contributed by atoms with Crippen LogP contribution in [-0.2, 0) is 11.3 Å². The molecule has 0 aliphatic carbocycles. The molecule has 0 aliphatic rings. The Kier molecular flexibility index (Phi) is 6.58. The molecule has 0 bridgehead atoms. The predicted octanol–water partition coefficient (Wildman–Crippen LogP) is 4.27. The maximum Gasteiger partial charge on any atom is 0.339 e. The molecule has 29 heavy (non-hydrogen) atoms. The Balaban J connectivity index is 1.80. The Bertz CT molecular complexity index is 989. The summed E-state index contributed by atoms with van der Waals surface area (Å²) in [6.45, 7) is 3.02. The van der Waals surface area contributed by atoms with Crippen molar-refractivity contribution in [2.75, 3.05) is 19.0 Å². The van der Waals surface area contributed by atoms with Gasteiger partial charge in [-0.3, -0.25) is 9.78 Å². The number of carbonyl (C=O) groups is 2. The number of nitrogens with one attached hydrogen (secondary N) is 1. The van der Waals surface area contributed by atoms with Gasteiger partial charge in [-0.05, 0) is 36.8 Å². The number of hydrogen-bond acceptors (Lipinski definition) is 5. The molecule has 6 nitrogen and oxygen atoms in total. The number of para-hydroxylation sites is 1. The topological polar surface area (TPSA) is 71.5 Å². The first kappa shape index (κ1) is 20.1. The molecular weight excluding hydrogens is 366 g/mol. The lowest BCUT2D eigenvalue weighted by molar-refractivity contribution is 0.0601. The second-order valence-electron chi connectivity index (χ2n) is 6.40. The maximum absolute atomic E-state index is 13.0. The molecule has 0 unspecified atom stereocenters. The Morgan fingerprint density at radius 3 is 2.48 bits per heavy atom. The third kappa shape index (κ3) is 4.99. The summed E-state index contributed by atoms with van der Waals surface area (Å²) in [5.41, 5.74) is 3.07. The summed E-state index contributed by atoms with van der Waals surface area (Å²) in [7, 11) is 1.34. The number of carbonyl (C=O) groups excluding carboxylic acids is 2. The minimum absolute atomic E-state index is 0.152. The lowest BCUT2D eigenvalue weighted by Gasteiger charge is -2.21. The Hall–Kier alpha value is -3.67. The first-order valence-electron chi connectivity index (χ1n) is 9.36. The van der Waals surface area contributed by atoms with Gasteiger partial charge in [0.2, 0.25) is 0 Å². The number of methoxy groups -OCH3 is 1. The first-order valence-corrected chi connectivity index (χ1v) is 9.36. The van der Waals surface area contributed by atoms with E-state index < -0.39 is 5.97 Å². The average molecular weight is 389 g/mol. The van der Waals surface area contributed by atoms with Gasteiger partial charge in [0.15, 0.2) is 0 Å². The third-order valence-corrected chi connectivity index (χ3v) is 4.48. The van der Waals surface area contributed by atoms with Gasteiger partial charge in [0.25, 0.3) is 5.91 Å². The zero-order valence-corrected chi connectivity index (χ0v) is 16.5. The monoisotopic (exact) mass is 389 g/mol. The van der Waals surface area contributed by atoms with Gasteiger partial charge in [-0.15, -0.1) is 0 Å². The number of anilines is 2. The van der Waals surface area contributed by atoms with Crippen molar-refractivity contribution >= 4 is 23.3 Å². The lowest BCUT2D eigenvalue weighted by Crippen LogP contribution is -2.31. The molecule has 0 atom stereocenters. The Labute approximate surface area is 170 Å². The maximum atomic E-state index is 13.0. The normalized spacial score (nSPS) is 10.3. The van der Waals surface area contributed by atoms with E-state index in [1.54, 1.807) is 41.4 Å². The second kappa shape index (κ2) is 9.50. The van der Waals surface area contributed by atoms with Crippen molar-refractivity contribution in [1.29, 1.82) is 0 Å². The zero-order valence-electron chi connectivity index (χ0n) is 16.5. The molecule has 148 valence electrons. The van der Waals surface area contributed by atoms with Crippen molar-refractivity contribution in [2.45, 2.75) is 13.5 Å². The Morgan fingerprint density at radius 1 is 1.03 bits per heavy atom. The average Bonchev–Trinajstić information content (AvgIpc) is 2.77. The van der Waals surface area contributed by atoms with Crippen LogP contribution in [0.3, 0.4) is 0 Å². The van der Waals surface area contributed by atoms with Crippen molar-refractivity contribution in [1.82, 2.24) is 9.88 Å². The summed E-state index contributed by atoms with van der Waals surface area (Å²) in [6, 6.07) is 20.3. The van der Waals surface area contributed by atoms with Gasteiger partial charge in [0.05, 0.1) is 18.4 Å². The van der Waals surface area contributed by atoms with Crippen molar-refractivity contribution in [3.63, 3.8) is 0 Å². The number of rotatable bonds is 7. The highest BCUT2D eigenvalue weighted by molar-refractivity contribution is 5.97. The third-order valence-electron chi connectivity index (χ3n) is 4.48. The standard InChI is InChI=1S/C23H23N3O3/c1-3-26(16-17-9-5-4-6-10-17)22(27)21-15-18(13-14-24-21)25-20-12-8-7-11-19(20)23(28)29-2/h4-15H,3,16H2,1-2H3,(H,24,25). The highest BCUT2D eigenvalue weighted by atomic mass is 16.5. The molecule has 0 fully saturated rings. The molecule has 1 amide bonds. The fourth-order valence-corrected chi connectivity index (χ4v) is 2.95. The summed E-state index contributed by atoms with van der Waals surface area (Å²) in [4.78, 5) is 30.9. The summed E-state index contributed by atoms with van der Waals surface area (Å²) in [5, 5.41) is 3.18. The van der Waals surface area contributed by atoms with Crippen LogP contribution in [-0.4, -0.2) is 35.4 Å². The van der Waals surface area contributed by atoms with E-state index in [0.29, 0.717) is 35.7 Å². The van der Waals surface area contributed by atoms with Crippen molar-refractivity contribution in [3.05, 3.63) is 89.7 Å². The first-order chi connectivity index (χ1) is 14.1. The largest absolute Gasteiger partial charge is 0.465 e. The van der Waals surface area contributed by atoms with E-state index in [-0.39, 0.29) is 5.91 Å². The number of benzene rings is 2. The molecule has 3 rings (SSSR count). The van der Waals surface area contributed by atoms with Crippen molar-refractivity contribution in [2.24, 2.45) is 0 Å². The summed E-state index contributed by atoms with van der Waals surface area (Å²) >= 11 is 0. The van der Waals surface area contributed by atoms with Crippen LogP contribution in [0.15, 0.2) is 72.9 Å². The quantitative estimate of drug-likeness (QED) is 0.611. The number of esters is 1. The van der Waals surface area contributed by atoms with E-state index in [4.69, 9.17) is 4.74 Å². The fraction of sp³-hybridized carbons (Fsp3) is 0.174. The minimum Gasteiger partial charge on any atom is -0.465 e. The number of pyridine rings is 1. The van der Waals surface area contributed by atoms with E-state index in [0.717, 1.165) is 5.56 Å². The van der Waals surface area contributed by atoms with Crippen LogP contribution in [0.4, 0.5) is 11.4 Å². The molecule has 2 aromatic carbocycles. The van der Waals surface area contributed by atoms with Gasteiger partial charge in [0.1, 0.15) is 5.69 Å². The van der Waals surface area contributed by atoms with Gasteiger partial charge < -0.3 is 15.0 Å². The molecule has 1 aromatic heterocycles. The van der Waals surface area contributed by atoms with Crippen LogP contribution in [0.1, 0.15) is 33.3 Å². The van der Waals surface area contributed by atoms with E-state index >= 15 is 0 Å². The number of aromatic nitrogens is 1. The molecule has 0 saturated heterocycles. The molecule has 0 saturated carbocycles. The summed E-state index contributed by atoms with van der Waals surface area (Å²) in [6.07, 6.45) is 1.58. The van der Waals surface area contributed by atoms with Crippen LogP contribution in [0.2, 0.25) is 0 Å². The van der Waals surface area contributed by atoms with Gasteiger partial charge in [0, 0.05) is 25.0 Å². The van der Waals surface area contributed by atoms with Gasteiger partial charge in [-0.2, -0.15) is 0 Å². The van der Waals surface area contributed by atoms with Crippen molar-refractivity contribution in [3.8, 4) is 0 Å². The molecule has 1 heterocycles. The molecule has 6 heteroatoms. The van der Waals surface area contributed by atoms with Gasteiger partial charge in [-0.25, -0.2) is 4.79 Å². The van der Waals surface area contributed by atoms with Crippen LogP contribution in [0.25, 0.3) is 0 Å². The summed E-state index contributed by atoms with van der Waals surface area (Å²) in [5.74, 6) is -0.584. The molecule has 0 aliphatic heterocycles. The van der Waals surface area contributed by atoms with Crippen LogP contribution in [0, 0.1) is 0 Å². The van der Waals surface area contributed by atoms with E-state index in [1.165, 1.54) is 7.11 Å². The number of amides is 1. The molecular formula is C23H23N3O3. The van der Waals surface area contributed by atoms with E-state index in [1.807, 2.05) is 43.3 Å². The highest BCUT2D eigenvalue weighted by Gasteiger charge is 2.17. The van der Waals surface area contributed by atoms with Crippen molar-refractivity contribution < 1.29 is 14.3 Å². The predicted molar refractivity (Wildman–Crippen MR) is 112 cm³/mol. The molecule has 0 spiro atoms. The number of ether oxygens (including phenoxy) is 1.